The zero-order valence-corrected chi connectivity index (χ0v) is 11.9. The normalized spacial score (nSPS) is 16.0. The lowest BCUT2D eigenvalue weighted by atomic mass is 10.1. The second-order valence-corrected chi connectivity index (χ2v) is 5.03. The summed E-state index contributed by atoms with van der Waals surface area (Å²) in [5.74, 6) is 1.27. The fourth-order valence-corrected chi connectivity index (χ4v) is 2.18. The predicted molar refractivity (Wildman–Crippen MR) is 78.5 cm³/mol. The van der Waals surface area contributed by atoms with Crippen molar-refractivity contribution in [1.29, 1.82) is 0 Å². The molecule has 0 saturated heterocycles. The van der Waals surface area contributed by atoms with E-state index in [0.29, 0.717) is 18.1 Å². The molecule has 2 aromatic rings. The molecule has 1 N–H and O–H groups in total. The molecule has 108 valence electrons. The standard InChI is InChI=1S/C15H16N4O2/c1-19(2)14-8-16-11(7-17-14)15(20)18-12-9-21-13-6-4-3-5-10(12)13/h3-8,12H,9H2,1-2H3,(H,18,20). The fraction of sp³-hybridized carbons (Fsp3) is 0.267. The van der Waals surface area contributed by atoms with Crippen LogP contribution in [0, 0.1) is 0 Å². The number of ether oxygens (including phenoxy) is 1. The van der Waals surface area contributed by atoms with Gasteiger partial charge < -0.3 is 15.0 Å². The van der Waals surface area contributed by atoms with Crippen molar-refractivity contribution in [3.05, 3.63) is 47.9 Å². The number of rotatable bonds is 3. The van der Waals surface area contributed by atoms with E-state index in [-0.39, 0.29) is 11.9 Å². The van der Waals surface area contributed by atoms with Crippen LogP contribution in [-0.4, -0.2) is 36.6 Å². The summed E-state index contributed by atoms with van der Waals surface area (Å²) < 4.78 is 5.54. The zero-order valence-electron chi connectivity index (χ0n) is 11.9. The molecule has 0 spiro atoms. The van der Waals surface area contributed by atoms with Crippen molar-refractivity contribution in [3.8, 4) is 5.75 Å². The first-order valence-electron chi connectivity index (χ1n) is 6.67. The van der Waals surface area contributed by atoms with Gasteiger partial charge in [0.05, 0.1) is 18.4 Å². The molecule has 0 fully saturated rings. The molecule has 1 aliphatic rings. The summed E-state index contributed by atoms with van der Waals surface area (Å²) >= 11 is 0. The molecule has 1 amide bonds. The van der Waals surface area contributed by atoms with E-state index in [1.165, 1.54) is 6.20 Å². The summed E-state index contributed by atoms with van der Waals surface area (Å²) in [6, 6.07) is 7.54. The molecule has 21 heavy (non-hydrogen) atoms. The summed E-state index contributed by atoms with van der Waals surface area (Å²) in [5.41, 5.74) is 1.29. The average Bonchev–Trinajstić information content (AvgIpc) is 2.91. The van der Waals surface area contributed by atoms with E-state index in [9.17, 15) is 4.79 Å². The van der Waals surface area contributed by atoms with Crippen molar-refractivity contribution in [1.82, 2.24) is 15.3 Å². The van der Waals surface area contributed by atoms with E-state index in [2.05, 4.69) is 15.3 Å². The Hall–Kier alpha value is -2.63. The Morgan fingerprint density at radius 3 is 2.81 bits per heavy atom. The highest BCUT2D eigenvalue weighted by atomic mass is 16.5. The topological polar surface area (TPSA) is 67.4 Å². The summed E-state index contributed by atoms with van der Waals surface area (Å²) in [5, 5.41) is 2.92. The molecule has 1 aromatic heterocycles. The maximum absolute atomic E-state index is 12.2. The van der Waals surface area contributed by atoms with Crippen LogP contribution < -0.4 is 15.0 Å². The Balaban J connectivity index is 1.72. The van der Waals surface area contributed by atoms with Gasteiger partial charge >= 0.3 is 0 Å². The van der Waals surface area contributed by atoms with Crippen molar-refractivity contribution in [2.75, 3.05) is 25.6 Å². The molecule has 0 saturated carbocycles. The van der Waals surface area contributed by atoms with Crippen LogP contribution in [-0.2, 0) is 0 Å². The number of benzene rings is 1. The molecule has 6 nitrogen and oxygen atoms in total. The van der Waals surface area contributed by atoms with Crippen molar-refractivity contribution in [3.63, 3.8) is 0 Å². The Kier molecular flexibility index (Phi) is 3.43. The Morgan fingerprint density at radius 1 is 1.29 bits per heavy atom. The summed E-state index contributed by atoms with van der Waals surface area (Å²) in [6.45, 7) is 0.439. The number of fused-ring (bicyclic) bond motifs is 1. The van der Waals surface area contributed by atoms with E-state index in [4.69, 9.17) is 4.74 Å². The molecule has 1 atom stereocenters. The molecular formula is C15H16N4O2. The van der Waals surface area contributed by atoms with Gasteiger partial charge in [0.2, 0.25) is 0 Å². The predicted octanol–water partition coefficient (Wildman–Crippen LogP) is 1.41. The van der Waals surface area contributed by atoms with E-state index >= 15 is 0 Å². The lowest BCUT2D eigenvalue weighted by Crippen LogP contribution is -2.30. The number of amides is 1. The first-order chi connectivity index (χ1) is 10.1. The second kappa shape index (κ2) is 5.40. The minimum absolute atomic E-state index is 0.149. The largest absolute Gasteiger partial charge is 0.491 e. The van der Waals surface area contributed by atoms with Gasteiger partial charge in [0.15, 0.2) is 0 Å². The van der Waals surface area contributed by atoms with E-state index in [0.717, 1.165) is 11.3 Å². The molecule has 3 rings (SSSR count). The van der Waals surface area contributed by atoms with Gasteiger partial charge in [-0.05, 0) is 6.07 Å². The number of nitrogens with one attached hydrogen (secondary N) is 1. The van der Waals surface area contributed by atoms with E-state index in [1.807, 2.05) is 43.3 Å². The molecule has 0 aliphatic carbocycles. The first kappa shape index (κ1) is 13.4. The van der Waals surface area contributed by atoms with Crippen molar-refractivity contribution in [2.45, 2.75) is 6.04 Å². The molecule has 1 unspecified atom stereocenters. The Morgan fingerprint density at radius 2 is 2.10 bits per heavy atom. The van der Waals surface area contributed by atoms with Crippen LogP contribution in [0.25, 0.3) is 0 Å². The fourth-order valence-electron chi connectivity index (χ4n) is 2.18. The van der Waals surface area contributed by atoms with Gasteiger partial charge in [-0.1, -0.05) is 18.2 Å². The first-order valence-corrected chi connectivity index (χ1v) is 6.67. The second-order valence-electron chi connectivity index (χ2n) is 5.03. The third kappa shape index (κ3) is 2.65. The number of carbonyl (C=O) groups excluding carboxylic acids is 1. The summed E-state index contributed by atoms with van der Waals surface area (Å²) in [4.78, 5) is 22.4. The molecule has 2 heterocycles. The zero-order chi connectivity index (χ0) is 14.8. The third-order valence-electron chi connectivity index (χ3n) is 3.33. The third-order valence-corrected chi connectivity index (χ3v) is 3.33. The lowest BCUT2D eigenvalue weighted by Gasteiger charge is -2.13. The SMILES string of the molecule is CN(C)c1cnc(C(=O)NC2COc3ccccc32)cn1. The van der Waals surface area contributed by atoms with E-state index < -0.39 is 0 Å². The van der Waals surface area contributed by atoms with Gasteiger partial charge in [-0.15, -0.1) is 0 Å². The molecular weight excluding hydrogens is 268 g/mol. The Bertz CT molecular complexity index is 655. The van der Waals surface area contributed by atoms with Crippen LogP contribution in [0.5, 0.6) is 5.75 Å². The average molecular weight is 284 g/mol. The number of hydrogen-bond donors (Lipinski definition) is 1. The Labute approximate surface area is 122 Å². The molecule has 1 aromatic carbocycles. The van der Waals surface area contributed by atoms with Crippen LogP contribution in [0.3, 0.4) is 0 Å². The monoisotopic (exact) mass is 284 g/mol. The maximum Gasteiger partial charge on any atom is 0.272 e. The smallest absolute Gasteiger partial charge is 0.272 e. The van der Waals surface area contributed by atoms with Gasteiger partial charge in [0, 0.05) is 19.7 Å². The molecule has 0 bridgehead atoms. The highest BCUT2D eigenvalue weighted by Crippen LogP contribution is 2.31. The van der Waals surface area contributed by atoms with E-state index in [1.54, 1.807) is 6.20 Å². The number of anilines is 1. The van der Waals surface area contributed by atoms with Crippen LogP contribution in [0.2, 0.25) is 0 Å². The van der Waals surface area contributed by atoms with Crippen LogP contribution in [0.1, 0.15) is 22.1 Å². The van der Waals surface area contributed by atoms with Crippen molar-refractivity contribution >= 4 is 11.7 Å². The highest BCUT2D eigenvalue weighted by molar-refractivity contribution is 5.92. The van der Waals surface area contributed by atoms with Crippen LogP contribution in [0.15, 0.2) is 36.7 Å². The van der Waals surface area contributed by atoms with Crippen molar-refractivity contribution < 1.29 is 9.53 Å². The van der Waals surface area contributed by atoms with Gasteiger partial charge in [0.25, 0.3) is 5.91 Å². The number of carbonyl (C=O) groups is 1. The maximum atomic E-state index is 12.2. The summed E-state index contributed by atoms with van der Waals surface area (Å²) in [7, 11) is 3.74. The molecule has 0 radical (unpaired) electrons. The summed E-state index contributed by atoms with van der Waals surface area (Å²) in [6.07, 6.45) is 3.06. The van der Waals surface area contributed by atoms with Crippen molar-refractivity contribution in [2.24, 2.45) is 0 Å². The molecule has 6 heteroatoms. The lowest BCUT2D eigenvalue weighted by molar-refractivity contribution is 0.0925. The minimum Gasteiger partial charge on any atom is -0.491 e. The number of hydrogen-bond acceptors (Lipinski definition) is 5. The number of aromatic nitrogens is 2. The van der Waals surface area contributed by atoms with Gasteiger partial charge in [-0.3, -0.25) is 4.79 Å². The van der Waals surface area contributed by atoms with Crippen LogP contribution >= 0.6 is 0 Å². The van der Waals surface area contributed by atoms with Gasteiger partial charge in [0.1, 0.15) is 23.9 Å². The quantitative estimate of drug-likeness (QED) is 0.923. The highest BCUT2D eigenvalue weighted by Gasteiger charge is 2.25. The van der Waals surface area contributed by atoms with Gasteiger partial charge in [-0.25, -0.2) is 9.97 Å². The minimum atomic E-state index is -0.252. The number of nitrogens with zero attached hydrogens (tertiary/aromatic N) is 3. The molecule has 1 aliphatic heterocycles. The van der Waals surface area contributed by atoms with Gasteiger partial charge in [-0.2, -0.15) is 0 Å². The number of para-hydroxylation sites is 1. The van der Waals surface area contributed by atoms with Crippen LogP contribution in [0.4, 0.5) is 5.82 Å².